The normalized spacial score (nSPS) is 20.2. The Labute approximate surface area is 131 Å². The maximum absolute atomic E-state index is 13.1. The van der Waals surface area contributed by atoms with Crippen LogP contribution >= 0.6 is 24.0 Å². The molecule has 8 heteroatoms. The molecule has 1 N–H and O–H groups in total. The van der Waals surface area contributed by atoms with Crippen molar-refractivity contribution < 1.29 is 13.3 Å². The van der Waals surface area contributed by atoms with Gasteiger partial charge in [0.15, 0.2) is 5.82 Å². The van der Waals surface area contributed by atoms with Crippen LogP contribution in [0.4, 0.5) is 8.78 Å². The fourth-order valence-electron chi connectivity index (χ4n) is 2.16. The highest BCUT2D eigenvalue weighted by Crippen LogP contribution is 2.33. The molecule has 2 aromatic rings. The van der Waals surface area contributed by atoms with Gasteiger partial charge in [-0.3, -0.25) is 5.32 Å². The smallest absolute Gasteiger partial charge is 0.262 e. The summed E-state index contributed by atoms with van der Waals surface area (Å²) in [6.07, 6.45) is 0.166. The average molecular weight is 336 g/mol. The zero-order chi connectivity index (χ0) is 14.2. The molecular weight excluding hydrogens is 323 g/mol. The number of nitrogens with zero attached hydrogens (tertiary/aromatic N) is 2. The van der Waals surface area contributed by atoms with Crippen molar-refractivity contribution in [3.05, 3.63) is 46.6 Å². The van der Waals surface area contributed by atoms with E-state index in [-0.39, 0.29) is 31.3 Å². The third-order valence-corrected chi connectivity index (χ3v) is 3.42. The van der Waals surface area contributed by atoms with Gasteiger partial charge in [-0.1, -0.05) is 28.9 Å². The minimum atomic E-state index is -2.71. The number of nitrogens with one attached hydrogen (secondary N) is 1. The number of aromatic nitrogens is 2. The van der Waals surface area contributed by atoms with Gasteiger partial charge in [-0.25, -0.2) is 8.78 Å². The molecule has 0 saturated carbocycles. The standard InChI is InChI=1S/C13H12ClF2N3O.ClH/c14-9-3-1-8(2-4-9)5-11-18-12(20-19-11)10-6-13(15,16)7-17-10;/h1-4,10,17H,5-7H2;1H. The monoisotopic (exact) mass is 335 g/mol. The van der Waals surface area contributed by atoms with E-state index in [2.05, 4.69) is 15.5 Å². The van der Waals surface area contributed by atoms with Crippen molar-refractivity contribution in [2.24, 2.45) is 0 Å². The van der Waals surface area contributed by atoms with E-state index in [0.717, 1.165) is 5.56 Å². The SMILES string of the molecule is Cl.FC1(F)CNC(c2nc(Cc3ccc(Cl)cc3)no2)C1. The third-order valence-electron chi connectivity index (χ3n) is 3.17. The molecule has 2 heterocycles. The van der Waals surface area contributed by atoms with E-state index in [9.17, 15) is 8.78 Å². The van der Waals surface area contributed by atoms with Gasteiger partial charge in [0.1, 0.15) is 0 Å². The molecule has 0 spiro atoms. The molecule has 114 valence electrons. The predicted molar refractivity (Wildman–Crippen MR) is 76.1 cm³/mol. The summed E-state index contributed by atoms with van der Waals surface area (Å²) in [5.74, 6) is -2.03. The molecule has 1 aromatic carbocycles. The Hall–Kier alpha value is -1.24. The Morgan fingerprint density at radius 1 is 1.33 bits per heavy atom. The molecule has 1 saturated heterocycles. The van der Waals surface area contributed by atoms with Gasteiger partial charge < -0.3 is 4.52 Å². The largest absolute Gasteiger partial charge is 0.338 e. The van der Waals surface area contributed by atoms with Crippen LogP contribution in [0.25, 0.3) is 0 Å². The summed E-state index contributed by atoms with van der Waals surface area (Å²) in [5, 5.41) is 7.16. The van der Waals surface area contributed by atoms with Crippen LogP contribution in [0, 0.1) is 0 Å². The van der Waals surface area contributed by atoms with Crippen molar-refractivity contribution in [3.63, 3.8) is 0 Å². The molecule has 1 unspecified atom stereocenters. The summed E-state index contributed by atoms with van der Waals surface area (Å²) in [6, 6.07) is 6.70. The lowest BCUT2D eigenvalue weighted by atomic mass is 10.1. The van der Waals surface area contributed by atoms with Crippen molar-refractivity contribution in [1.82, 2.24) is 15.5 Å². The fraction of sp³-hybridized carbons (Fsp3) is 0.385. The Balaban J connectivity index is 0.00000161. The first-order valence-electron chi connectivity index (χ1n) is 6.20. The van der Waals surface area contributed by atoms with Crippen molar-refractivity contribution >= 4 is 24.0 Å². The number of rotatable bonds is 3. The van der Waals surface area contributed by atoms with Gasteiger partial charge >= 0.3 is 0 Å². The van der Waals surface area contributed by atoms with Crippen molar-refractivity contribution in [2.75, 3.05) is 6.54 Å². The number of halogens is 4. The number of hydrogen-bond donors (Lipinski definition) is 1. The molecule has 0 amide bonds. The van der Waals surface area contributed by atoms with E-state index in [1.807, 2.05) is 12.1 Å². The first-order valence-corrected chi connectivity index (χ1v) is 6.58. The van der Waals surface area contributed by atoms with Crippen LogP contribution in [0.15, 0.2) is 28.8 Å². The second kappa shape index (κ2) is 6.25. The highest BCUT2D eigenvalue weighted by Gasteiger charge is 2.42. The van der Waals surface area contributed by atoms with Crippen molar-refractivity contribution in [1.29, 1.82) is 0 Å². The Morgan fingerprint density at radius 3 is 2.67 bits per heavy atom. The van der Waals surface area contributed by atoms with Crippen LogP contribution < -0.4 is 5.32 Å². The van der Waals surface area contributed by atoms with Crippen molar-refractivity contribution in [3.8, 4) is 0 Å². The molecule has 0 radical (unpaired) electrons. The summed E-state index contributed by atoms with van der Waals surface area (Å²) < 4.78 is 31.3. The molecule has 3 rings (SSSR count). The fourth-order valence-corrected chi connectivity index (χ4v) is 2.28. The summed E-state index contributed by atoms with van der Waals surface area (Å²) >= 11 is 5.80. The van der Waals surface area contributed by atoms with Gasteiger partial charge in [0.25, 0.3) is 5.92 Å². The molecule has 0 bridgehead atoms. The van der Waals surface area contributed by atoms with Gasteiger partial charge in [0.05, 0.1) is 12.6 Å². The van der Waals surface area contributed by atoms with E-state index in [4.69, 9.17) is 16.1 Å². The quantitative estimate of drug-likeness (QED) is 0.933. The van der Waals surface area contributed by atoms with Gasteiger partial charge in [0.2, 0.25) is 5.89 Å². The second-order valence-corrected chi connectivity index (χ2v) is 5.28. The lowest BCUT2D eigenvalue weighted by molar-refractivity contribution is 0.0200. The van der Waals surface area contributed by atoms with E-state index < -0.39 is 12.0 Å². The first-order chi connectivity index (χ1) is 9.52. The van der Waals surface area contributed by atoms with E-state index in [0.29, 0.717) is 17.3 Å². The van der Waals surface area contributed by atoms with Crippen LogP contribution in [0.1, 0.15) is 29.7 Å². The van der Waals surface area contributed by atoms with Crippen molar-refractivity contribution in [2.45, 2.75) is 24.8 Å². The van der Waals surface area contributed by atoms with Gasteiger partial charge in [-0.05, 0) is 17.7 Å². The number of benzene rings is 1. The molecule has 1 aliphatic heterocycles. The molecular formula is C13H13Cl2F2N3O. The molecule has 21 heavy (non-hydrogen) atoms. The molecule has 1 fully saturated rings. The van der Waals surface area contributed by atoms with Crippen LogP contribution in [0.3, 0.4) is 0 Å². The maximum Gasteiger partial charge on any atom is 0.262 e. The van der Waals surface area contributed by atoms with Gasteiger partial charge in [-0.2, -0.15) is 4.98 Å². The van der Waals surface area contributed by atoms with E-state index in [1.54, 1.807) is 12.1 Å². The van der Waals surface area contributed by atoms with Crippen LogP contribution in [0.2, 0.25) is 5.02 Å². The minimum absolute atomic E-state index is 0. The van der Waals surface area contributed by atoms with E-state index in [1.165, 1.54) is 0 Å². The third kappa shape index (κ3) is 3.90. The first kappa shape index (κ1) is 16.1. The topological polar surface area (TPSA) is 51.0 Å². The van der Waals surface area contributed by atoms with E-state index >= 15 is 0 Å². The van der Waals surface area contributed by atoms with Crippen LogP contribution in [-0.2, 0) is 6.42 Å². The number of hydrogen-bond acceptors (Lipinski definition) is 4. The molecule has 0 aliphatic carbocycles. The van der Waals surface area contributed by atoms with Gasteiger partial charge in [-0.15, -0.1) is 12.4 Å². The zero-order valence-corrected chi connectivity index (χ0v) is 12.4. The summed E-state index contributed by atoms with van der Waals surface area (Å²) in [5.41, 5.74) is 0.978. The van der Waals surface area contributed by atoms with Gasteiger partial charge in [0, 0.05) is 17.9 Å². The van der Waals surface area contributed by atoms with Crippen LogP contribution in [-0.4, -0.2) is 22.6 Å². The highest BCUT2D eigenvalue weighted by atomic mass is 35.5. The predicted octanol–water partition coefficient (Wildman–Crippen LogP) is 3.41. The second-order valence-electron chi connectivity index (χ2n) is 4.85. The lowest BCUT2D eigenvalue weighted by Gasteiger charge is -2.04. The Bertz CT molecular complexity index is 604. The zero-order valence-electron chi connectivity index (χ0n) is 10.9. The highest BCUT2D eigenvalue weighted by molar-refractivity contribution is 6.30. The molecule has 1 atom stereocenters. The lowest BCUT2D eigenvalue weighted by Crippen LogP contribution is -2.19. The van der Waals surface area contributed by atoms with Crippen LogP contribution in [0.5, 0.6) is 0 Å². The summed E-state index contributed by atoms with van der Waals surface area (Å²) in [4.78, 5) is 4.17. The molecule has 4 nitrogen and oxygen atoms in total. The minimum Gasteiger partial charge on any atom is -0.338 e. The Kier molecular flexibility index (Phi) is 4.81. The summed E-state index contributed by atoms with van der Waals surface area (Å²) in [6.45, 7) is -0.355. The Morgan fingerprint density at radius 2 is 2.05 bits per heavy atom. The summed E-state index contributed by atoms with van der Waals surface area (Å²) in [7, 11) is 0. The molecule has 1 aliphatic rings. The number of alkyl halides is 2. The maximum atomic E-state index is 13.1. The molecule has 1 aromatic heterocycles. The average Bonchev–Trinajstić information content (AvgIpc) is 2.99.